The summed E-state index contributed by atoms with van der Waals surface area (Å²) in [5, 5.41) is 5.76. The van der Waals surface area contributed by atoms with Crippen LogP contribution in [-0.2, 0) is 20.8 Å². The molecule has 5 rings (SSSR count). The zero-order valence-electron chi connectivity index (χ0n) is 23.8. The maximum absolute atomic E-state index is 14.1. The molecule has 4 atom stereocenters. The van der Waals surface area contributed by atoms with E-state index in [0.717, 1.165) is 24.0 Å². The zero-order chi connectivity index (χ0) is 28.9. The minimum absolute atomic E-state index is 0.0308. The zero-order valence-corrected chi connectivity index (χ0v) is 24.6. The van der Waals surface area contributed by atoms with Gasteiger partial charge in [-0.2, -0.15) is 0 Å². The van der Waals surface area contributed by atoms with Crippen LogP contribution in [0.3, 0.4) is 0 Å². The van der Waals surface area contributed by atoms with Crippen LogP contribution >= 0.6 is 11.3 Å². The Morgan fingerprint density at radius 2 is 1.90 bits per heavy atom. The first-order valence-electron chi connectivity index (χ1n) is 14.7. The number of likely N-dealkylation sites (tertiary alicyclic amines) is 1. The summed E-state index contributed by atoms with van der Waals surface area (Å²) >= 11 is 1.33. The summed E-state index contributed by atoms with van der Waals surface area (Å²) < 4.78 is 6.56. The highest BCUT2D eigenvalue weighted by atomic mass is 32.1. The van der Waals surface area contributed by atoms with Gasteiger partial charge in [-0.25, -0.2) is 0 Å². The fraction of sp³-hybridized carbons (Fsp3) is 0.567. The van der Waals surface area contributed by atoms with Crippen LogP contribution in [0, 0.1) is 11.8 Å². The van der Waals surface area contributed by atoms with Crippen LogP contribution in [0.5, 0.6) is 5.75 Å². The molecule has 1 aromatic carbocycles. The Balaban J connectivity index is 1.40. The predicted molar refractivity (Wildman–Crippen MR) is 154 cm³/mol. The molecule has 220 valence electrons. The Labute approximate surface area is 244 Å². The van der Waals surface area contributed by atoms with Gasteiger partial charge < -0.3 is 25.2 Å². The molecular weight excluding hydrogens is 542 g/mol. The summed E-state index contributed by atoms with van der Waals surface area (Å²) in [6.45, 7) is 3.65. The van der Waals surface area contributed by atoms with E-state index < -0.39 is 6.04 Å². The highest BCUT2D eigenvalue weighted by Crippen LogP contribution is 2.40. The quantitative estimate of drug-likeness (QED) is 0.495. The molecule has 3 aliphatic rings. The van der Waals surface area contributed by atoms with E-state index in [0.29, 0.717) is 62.4 Å². The number of ether oxygens (including phenoxy) is 1. The smallest absolute Gasteiger partial charge is 0.265 e. The number of amides is 4. The van der Waals surface area contributed by atoms with E-state index in [1.54, 1.807) is 30.6 Å². The number of hydrogen-bond donors (Lipinski definition) is 2. The van der Waals surface area contributed by atoms with Crippen molar-refractivity contribution in [1.29, 1.82) is 0 Å². The normalized spacial score (nSPS) is 24.0. The van der Waals surface area contributed by atoms with Gasteiger partial charge in [0, 0.05) is 56.9 Å². The number of carbonyl (C=O) groups is 4. The molecule has 2 aliphatic heterocycles. The molecule has 1 saturated carbocycles. The van der Waals surface area contributed by atoms with Gasteiger partial charge >= 0.3 is 0 Å². The molecule has 2 N–H and O–H groups in total. The number of fused-ring (bicyclic) bond motifs is 1. The lowest BCUT2D eigenvalue weighted by Crippen LogP contribution is -2.50. The van der Waals surface area contributed by atoms with Gasteiger partial charge in [-0.1, -0.05) is 31.9 Å². The molecule has 2 aromatic rings. The van der Waals surface area contributed by atoms with Crippen molar-refractivity contribution in [2.45, 2.75) is 64.0 Å². The van der Waals surface area contributed by atoms with Gasteiger partial charge in [0.2, 0.25) is 17.7 Å². The van der Waals surface area contributed by atoms with Crippen molar-refractivity contribution in [1.82, 2.24) is 25.4 Å². The molecule has 0 spiro atoms. The Morgan fingerprint density at radius 3 is 2.63 bits per heavy atom. The van der Waals surface area contributed by atoms with Gasteiger partial charge in [0.15, 0.2) is 0 Å². The summed E-state index contributed by atoms with van der Waals surface area (Å²) in [6.07, 6.45) is 6.34. The first-order valence-corrected chi connectivity index (χ1v) is 15.5. The standard InChI is InChI=1S/C30H39N5O5S/c1-3-26(36)33-15-23-27-19(11-14-35(23)29(38)22-9-5-4-8-21(22)28(37)31-2)7-6-10-24(27)40-20-12-13-34(17-20)30(39)25-16-32-18-41-25/h6-7,10,16,18,20-23H,3-5,8-9,11-15,17H2,1-2H3,(H,31,37)(H,33,36)/t20-,21-,22+,23+/m0/s1. The molecule has 41 heavy (non-hydrogen) atoms. The second-order valence-corrected chi connectivity index (χ2v) is 11.9. The maximum Gasteiger partial charge on any atom is 0.265 e. The molecule has 10 nitrogen and oxygen atoms in total. The van der Waals surface area contributed by atoms with E-state index in [-0.39, 0.29) is 48.1 Å². The number of thiazole rings is 1. The van der Waals surface area contributed by atoms with Gasteiger partial charge in [0.25, 0.3) is 5.91 Å². The lowest BCUT2D eigenvalue weighted by Gasteiger charge is -2.42. The molecule has 1 saturated heterocycles. The predicted octanol–water partition coefficient (Wildman–Crippen LogP) is 2.94. The fourth-order valence-electron chi connectivity index (χ4n) is 6.46. The van der Waals surface area contributed by atoms with Gasteiger partial charge in [-0.3, -0.25) is 24.2 Å². The van der Waals surface area contributed by atoms with Crippen molar-refractivity contribution in [2.75, 3.05) is 33.2 Å². The molecule has 0 radical (unpaired) electrons. The Bertz CT molecular complexity index is 1270. The van der Waals surface area contributed by atoms with Gasteiger partial charge in [-0.05, 0) is 30.9 Å². The van der Waals surface area contributed by atoms with Crippen molar-refractivity contribution in [2.24, 2.45) is 11.8 Å². The minimum Gasteiger partial charge on any atom is -0.488 e. The summed E-state index contributed by atoms with van der Waals surface area (Å²) in [7, 11) is 1.62. The number of aromatic nitrogens is 1. The summed E-state index contributed by atoms with van der Waals surface area (Å²) in [4.78, 5) is 60.4. The van der Waals surface area contributed by atoms with Gasteiger partial charge in [0.05, 0.1) is 24.3 Å². The molecule has 2 fully saturated rings. The lowest BCUT2D eigenvalue weighted by atomic mass is 9.77. The third kappa shape index (κ3) is 6.24. The molecule has 1 aliphatic carbocycles. The van der Waals surface area contributed by atoms with Crippen molar-refractivity contribution in [3.8, 4) is 5.75 Å². The largest absolute Gasteiger partial charge is 0.488 e. The van der Waals surface area contributed by atoms with Crippen molar-refractivity contribution in [3.05, 3.63) is 45.9 Å². The SMILES string of the molecule is CCC(=O)NC[C@@H]1c2c(cccc2O[C@H]2CCN(C(=O)c3cncs3)C2)CCN1C(=O)[C@@H]1CCCC[C@@H]1C(=O)NC. The number of nitrogens with zero attached hydrogens (tertiary/aromatic N) is 3. The van der Waals surface area contributed by atoms with Crippen LogP contribution in [0.15, 0.2) is 29.9 Å². The van der Waals surface area contributed by atoms with Gasteiger partial charge in [-0.15, -0.1) is 11.3 Å². The number of hydrogen-bond acceptors (Lipinski definition) is 7. The van der Waals surface area contributed by atoms with E-state index in [1.807, 2.05) is 17.0 Å². The second-order valence-electron chi connectivity index (χ2n) is 11.0. The van der Waals surface area contributed by atoms with E-state index in [9.17, 15) is 19.2 Å². The van der Waals surface area contributed by atoms with Crippen molar-refractivity contribution < 1.29 is 23.9 Å². The lowest BCUT2D eigenvalue weighted by molar-refractivity contribution is -0.146. The summed E-state index contributed by atoms with van der Waals surface area (Å²) in [6, 6.07) is 5.52. The fourth-order valence-corrected chi connectivity index (χ4v) is 7.04. The summed E-state index contributed by atoms with van der Waals surface area (Å²) in [5.41, 5.74) is 3.65. The first-order chi connectivity index (χ1) is 19.9. The molecule has 4 amide bonds. The molecule has 11 heteroatoms. The van der Waals surface area contributed by atoms with E-state index in [1.165, 1.54) is 11.3 Å². The first kappa shape index (κ1) is 29.0. The van der Waals surface area contributed by atoms with Crippen LogP contribution in [0.2, 0.25) is 0 Å². The van der Waals surface area contributed by atoms with Crippen LogP contribution in [-0.4, -0.2) is 77.7 Å². The number of benzene rings is 1. The van der Waals surface area contributed by atoms with Gasteiger partial charge in [0.1, 0.15) is 16.7 Å². The third-order valence-corrected chi connectivity index (χ3v) is 9.38. The monoisotopic (exact) mass is 581 g/mol. The topological polar surface area (TPSA) is 121 Å². The Hall–Kier alpha value is -3.47. The third-order valence-electron chi connectivity index (χ3n) is 8.62. The molecular formula is C30H39N5O5S. The minimum atomic E-state index is -0.415. The Kier molecular flexibility index (Phi) is 9.22. The highest BCUT2D eigenvalue weighted by molar-refractivity contribution is 7.11. The highest BCUT2D eigenvalue weighted by Gasteiger charge is 2.42. The van der Waals surface area contributed by atoms with Crippen molar-refractivity contribution in [3.63, 3.8) is 0 Å². The van der Waals surface area contributed by atoms with E-state index in [2.05, 4.69) is 21.7 Å². The second kappa shape index (κ2) is 13.0. The van der Waals surface area contributed by atoms with Crippen LogP contribution < -0.4 is 15.4 Å². The van der Waals surface area contributed by atoms with Crippen LogP contribution in [0.25, 0.3) is 0 Å². The number of carbonyl (C=O) groups excluding carboxylic acids is 4. The average Bonchev–Trinajstić information content (AvgIpc) is 3.72. The summed E-state index contributed by atoms with van der Waals surface area (Å²) in [5.74, 6) is -0.292. The van der Waals surface area contributed by atoms with E-state index in [4.69, 9.17) is 4.74 Å². The molecule has 3 heterocycles. The molecule has 1 aromatic heterocycles. The van der Waals surface area contributed by atoms with E-state index >= 15 is 0 Å². The van der Waals surface area contributed by atoms with Crippen LogP contribution in [0.1, 0.15) is 72.3 Å². The average molecular weight is 582 g/mol. The van der Waals surface area contributed by atoms with Crippen molar-refractivity contribution >= 4 is 35.0 Å². The molecule has 0 unspecified atom stereocenters. The Morgan fingerprint density at radius 1 is 1.10 bits per heavy atom. The molecule has 0 bridgehead atoms. The maximum atomic E-state index is 14.1. The van der Waals surface area contributed by atoms with Crippen LogP contribution in [0.4, 0.5) is 0 Å². The number of nitrogens with one attached hydrogen (secondary N) is 2. The number of rotatable bonds is 8.